The fourth-order valence-corrected chi connectivity index (χ4v) is 1.32. The molecule has 2 rings (SSSR count). The Hall–Kier alpha value is -1.68. The van der Waals surface area contributed by atoms with E-state index < -0.39 is 0 Å². The summed E-state index contributed by atoms with van der Waals surface area (Å²) in [7, 11) is 0. The van der Waals surface area contributed by atoms with Crippen molar-refractivity contribution >= 4 is 0 Å². The lowest BCUT2D eigenvalue weighted by Crippen LogP contribution is -2.17. The zero-order chi connectivity index (χ0) is 10.7. The Balaban J connectivity index is 2.21. The van der Waals surface area contributed by atoms with Crippen molar-refractivity contribution < 1.29 is 4.52 Å². The summed E-state index contributed by atoms with van der Waals surface area (Å²) in [5, 5.41) is 3.90. The molecule has 2 aromatic rings. The van der Waals surface area contributed by atoms with Gasteiger partial charge in [-0.2, -0.15) is 4.98 Å². The van der Waals surface area contributed by atoms with Gasteiger partial charge in [-0.25, -0.2) is 0 Å². The fraction of sp³-hybridized carbons (Fsp3) is 0.273. The monoisotopic (exact) mass is 203 g/mol. The first-order chi connectivity index (χ1) is 7.25. The zero-order valence-electron chi connectivity index (χ0n) is 8.55. The molecule has 1 heterocycles. The van der Waals surface area contributed by atoms with Gasteiger partial charge in [0.15, 0.2) is 0 Å². The summed E-state index contributed by atoms with van der Waals surface area (Å²) in [5.41, 5.74) is 6.60. The van der Waals surface area contributed by atoms with E-state index in [2.05, 4.69) is 10.1 Å². The molecule has 1 unspecified atom stereocenters. The van der Waals surface area contributed by atoms with E-state index in [0.29, 0.717) is 18.1 Å². The molecule has 0 aliphatic heterocycles. The minimum Gasteiger partial charge on any atom is -0.339 e. The van der Waals surface area contributed by atoms with Gasteiger partial charge in [0.25, 0.3) is 0 Å². The number of rotatable bonds is 3. The molecule has 0 spiro atoms. The molecule has 0 saturated carbocycles. The van der Waals surface area contributed by atoms with Crippen LogP contribution in [0.3, 0.4) is 0 Å². The highest BCUT2D eigenvalue weighted by molar-refractivity contribution is 5.53. The molecule has 4 nitrogen and oxygen atoms in total. The van der Waals surface area contributed by atoms with E-state index in [9.17, 15) is 0 Å². The third kappa shape index (κ3) is 2.41. The van der Waals surface area contributed by atoms with Crippen LogP contribution in [-0.2, 0) is 6.42 Å². The number of hydrogen-bond donors (Lipinski definition) is 1. The highest BCUT2D eigenvalue weighted by Gasteiger charge is 2.09. The van der Waals surface area contributed by atoms with Gasteiger partial charge in [0.1, 0.15) is 0 Å². The molecule has 0 saturated heterocycles. The Morgan fingerprint density at radius 2 is 2.07 bits per heavy atom. The molecule has 2 N–H and O–H groups in total. The molecule has 1 aromatic carbocycles. The van der Waals surface area contributed by atoms with Gasteiger partial charge in [-0.3, -0.25) is 0 Å². The number of aromatic nitrogens is 2. The van der Waals surface area contributed by atoms with Crippen LogP contribution < -0.4 is 5.73 Å². The van der Waals surface area contributed by atoms with Gasteiger partial charge >= 0.3 is 0 Å². The van der Waals surface area contributed by atoms with E-state index >= 15 is 0 Å². The molecule has 4 heteroatoms. The van der Waals surface area contributed by atoms with Crippen LogP contribution in [0.2, 0.25) is 0 Å². The van der Waals surface area contributed by atoms with Crippen molar-refractivity contribution in [2.75, 3.05) is 0 Å². The fourth-order valence-electron chi connectivity index (χ4n) is 1.32. The quantitative estimate of drug-likeness (QED) is 0.823. The van der Waals surface area contributed by atoms with Crippen LogP contribution in [0.4, 0.5) is 0 Å². The van der Waals surface area contributed by atoms with Crippen molar-refractivity contribution in [3.05, 3.63) is 36.2 Å². The van der Waals surface area contributed by atoms with E-state index in [1.54, 1.807) is 0 Å². The van der Waals surface area contributed by atoms with Gasteiger partial charge in [-0.1, -0.05) is 35.5 Å². The SMILES string of the molecule is CC(N)Cc1nc(-c2ccccc2)no1. The Labute approximate surface area is 88.1 Å². The van der Waals surface area contributed by atoms with Crippen LogP contribution in [-0.4, -0.2) is 16.2 Å². The summed E-state index contributed by atoms with van der Waals surface area (Å²) in [6.45, 7) is 1.91. The molecule has 0 fully saturated rings. The maximum absolute atomic E-state index is 5.64. The number of hydrogen-bond acceptors (Lipinski definition) is 4. The van der Waals surface area contributed by atoms with Crippen LogP contribution in [0.15, 0.2) is 34.9 Å². The van der Waals surface area contributed by atoms with Crippen LogP contribution in [0.1, 0.15) is 12.8 Å². The van der Waals surface area contributed by atoms with Gasteiger partial charge < -0.3 is 10.3 Å². The van der Waals surface area contributed by atoms with Crippen molar-refractivity contribution in [1.29, 1.82) is 0 Å². The summed E-state index contributed by atoms with van der Waals surface area (Å²) in [4.78, 5) is 4.26. The Kier molecular flexibility index (Phi) is 2.78. The topological polar surface area (TPSA) is 64.9 Å². The lowest BCUT2D eigenvalue weighted by atomic mass is 10.2. The average Bonchev–Trinajstić information content (AvgIpc) is 2.67. The zero-order valence-corrected chi connectivity index (χ0v) is 8.55. The molecular weight excluding hydrogens is 190 g/mol. The van der Waals surface area contributed by atoms with Crippen LogP contribution in [0.5, 0.6) is 0 Å². The highest BCUT2D eigenvalue weighted by atomic mass is 16.5. The smallest absolute Gasteiger partial charge is 0.228 e. The maximum Gasteiger partial charge on any atom is 0.228 e. The first-order valence-corrected chi connectivity index (χ1v) is 4.89. The molecule has 0 radical (unpaired) electrons. The molecule has 0 bridgehead atoms. The van der Waals surface area contributed by atoms with Crippen LogP contribution >= 0.6 is 0 Å². The standard InChI is InChI=1S/C11H13N3O/c1-8(12)7-10-13-11(14-15-10)9-5-3-2-4-6-9/h2-6,8H,7,12H2,1H3. The van der Waals surface area contributed by atoms with Crippen molar-refractivity contribution in [3.8, 4) is 11.4 Å². The third-order valence-electron chi connectivity index (χ3n) is 2.00. The van der Waals surface area contributed by atoms with Crippen LogP contribution in [0.25, 0.3) is 11.4 Å². The minimum absolute atomic E-state index is 0.0362. The Bertz CT molecular complexity index is 422. The minimum atomic E-state index is 0.0362. The number of nitrogens with zero attached hydrogens (tertiary/aromatic N) is 2. The summed E-state index contributed by atoms with van der Waals surface area (Å²) in [6.07, 6.45) is 0.611. The van der Waals surface area contributed by atoms with Crippen molar-refractivity contribution in [2.24, 2.45) is 5.73 Å². The predicted molar refractivity (Wildman–Crippen MR) is 57.1 cm³/mol. The summed E-state index contributed by atoms with van der Waals surface area (Å²) in [5.74, 6) is 1.20. The van der Waals surface area contributed by atoms with Gasteiger partial charge in [0.2, 0.25) is 11.7 Å². The van der Waals surface area contributed by atoms with E-state index in [1.807, 2.05) is 37.3 Å². The first-order valence-electron chi connectivity index (χ1n) is 4.89. The molecule has 1 aromatic heterocycles. The normalized spacial score (nSPS) is 12.7. The van der Waals surface area contributed by atoms with Crippen molar-refractivity contribution in [2.45, 2.75) is 19.4 Å². The highest BCUT2D eigenvalue weighted by Crippen LogP contribution is 2.14. The maximum atomic E-state index is 5.64. The Morgan fingerprint density at radius 3 is 2.73 bits per heavy atom. The largest absolute Gasteiger partial charge is 0.339 e. The molecule has 78 valence electrons. The van der Waals surface area contributed by atoms with Crippen molar-refractivity contribution in [1.82, 2.24) is 10.1 Å². The summed E-state index contributed by atoms with van der Waals surface area (Å²) >= 11 is 0. The molecule has 0 aliphatic rings. The molecule has 0 aliphatic carbocycles. The number of benzene rings is 1. The summed E-state index contributed by atoms with van der Waals surface area (Å²) in [6, 6.07) is 9.76. The van der Waals surface area contributed by atoms with E-state index in [-0.39, 0.29) is 6.04 Å². The number of nitrogens with two attached hydrogens (primary N) is 1. The lowest BCUT2D eigenvalue weighted by Gasteiger charge is -1.96. The van der Waals surface area contributed by atoms with E-state index in [1.165, 1.54) is 0 Å². The average molecular weight is 203 g/mol. The third-order valence-corrected chi connectivity index (χ3v) is 2.00. The van der Waals surface area contributed by atoms with Gasteiger partial charge in [-0.15, -0.1) is 0 Å². The predicted octanol–water partition coefficient (Wildman–Crippen LogP) is 1.63. The molecular formula is C11H13N3O. The van der Waals surface area contributed by atoms with Gasteiger partial charge in [0.05, 0.1) is 0 Å². The molecule has 15 heavy (non-hydrogen) atoms. The van der Waals surface area contributed by atoms with Gasteiger partial charge in [-0.05, 0) is 6.92 Å². The molecule has 0 amide bonds. The van der Waals surface area contributed by atoms with E-state index in [0.717, 1.165) is 5.56 Å². The van der Waals surface area contributed by atoms with E-state index in [4.69, 9.17) is 10.3 Å². The second-order valence-electron chi connectivity index (χ2n) is 3.56. The second kappa shape index (κ2) is 4.23. The summed E-state index contributed by atoms with van der Waals surface area (Å²) < 4.78 is 5.09. The first kappa shape index (κ1) is 9.86. The molecule has 1 atom stereocenters. The van der Waals surface area contributed by atoms with Gasteiger partial charge in [0, 0.05) is 18.0 Å². The van der Waals surface area contributed by atoms with Crippen molar-refractivity contribution in [3.63, 3.8) is 0 Å². The lowest BCUT2D eigenvalue weighted by molar-refractivity contribution is 0.372. The second-order valence-corrected chi connectivity index (χ2v) is 3.56. The Morgan fingerprint density at radius 1 is 1.33 bits per heavy atom. The van der Waals surface area contributed by atoms with Crippen LogP contribution in [0, 0.1) is 0 Å².